The molecule has 0 aliphatic carbocycles. The molecule has 0 radical (unpaired) electrons. The van der Waals surface area contributed by atoms with Gasteiger partial charge in [0.1, 0.15) is 22.7 Å². The lowest BCUT2D eigenvalue weighted by Crippen LogP contribution is -2.30. The first-order valence-corrected chi connectivity index (χ1v) is 7.93. The number of aldehydes is 1. The van der Waals surface area contributed by atoms with Crippen molar-refractivity contribution in [1.82, 2.24) is 0 Å². The van der Waals surface area contributed by atoms with Crippen molar-refractivity contribution in [3.8, 4) is 11.5 Å². The summed E-state index contributed by atoms with van der Waals surface area (Å²) < 4.78 is 11.5. The van der Waals surface area contributed by atoms with E-state index in [0.29, 0.717) is 35.3 Å². The Balaban J connectivity index is 2.66. The highest BCUT2D eigenvalue weighted by atomic mass is 35.5. The van der Waals surface area contributed by atoms with Gasteiger partial charge in [-0.05, 0) is 49.5 Å². The average molecular weight is 323 g/mol. The highest BCUT2D eigenvalue weighted by Crippen LogP contribution is 2.48. The molecule has 0 aromatic heterocycles. The average Bonchev–Trinajstić information content (AvgIpc) is 2.44. The van der Waals surface area contributed by atoms with Gasteiger partial charge in [-0.3, -0.25) is 0 Å². The topological polar surface area (TPSA) is 35.5 Å². The summed E-state index contributed by atoms with van der Waals surface area (Å²) in [6.45, 7) is 8.34. The van der Waals surface area contributed by atoms with Crippen LogP contribution < -0.4 is 9.47 Å². The predicted molar refractivity (Wildman–Crippen MR) is 89.9 cm³/mol. The molecule has 1 aliphatic heterocycles. The Morgan fingerprint density at radius 2 is 2.09 bits per heavy atom. The zero-order valence-electron chi connectivity index (χ0n) is 13.8. The van der Waals surface area contributed by atoms with Crippen molar-refractivity contribution in [2.45, 2.75) is 46.1 Å². The Bertz CT molecular complexity index is 615. The molecule has 0 spiro atoms. The number of carbonyl (C=O) groups is 1. The molecular formula is C18H23ClO3. The van der Waals surface area contributed by atoms with Gasteiger partial charge in [0.15, 0.2) is 5.75 Å². The summed E-state index contributed by atoms with van der Waals surface area (Å²) in [5.74, 6) is 1.62. The summed E-state index contributed by atoms with van der Waals surface area (Å²) in [6.07, 6.45) is 4.10. The zero-order valence-corrected chi connectivity index (χ0v) is 14.6. The standard InChI is InChI=1S/C18H23ClO3/c1-11(2)14-10-18(3,4)22-17-13(14)9-12(7-6-8-20)16(21-5)15(17)19/h8-11H,6-7H2,1-5H3. The Morgan fingerprint density at radius 3 is 2.64 bits per heavy atom. The summed E-state index contributed by atoms with van der Waals surface area (Å²) in [5.41, 5.74) is 2.74. The molecule has 0 bridgehead atoms. The maximum Gasteiger partial charge on any atom is 0.150 e. The van der Waals surface area contributed by atoms with Gasteiger partial charge in [-0.2, -0.15) is 0 Å². The maximum atomic E-state index is 10.7. The van der Waals surface area contributed by atoms with Crippen LogP contribution in [0.2, 0.25) is 5.02 Å². The molecule has 0 atom stereocenters. The first-order valence-electron chi connectivity index (χ1n) is 7.56. The number of rotatable bonds is 5. The van der Waals surface area contributed by atoms with Crippen LogP contribution in [0, 0.1) is 5.92 Å². The van der Waals surface area contributed by atoms with Crippen LogP contribution >= 0.6 is 11.6 Å². The number of halogens is 1. The molecule has 3 nitrogen and oxygen atoms in total. The van der Waals surface area contributed by atoms with Gasteiger partial charge in [0, 0.05) is 12.0 Å². The lowest BCUT2D eigenvalue weighted by molar-refractivity contribution is -0.107. The molecule has 4 heteroatoms. The van der Waals surface area contributed by atoms with Crippen molar-refractivity contribution in [2.75, 3.05) is 7.11 Å². The molecule has 0 saturated heterocycles. The molecule has 0 amide bonds. The molecular weight excluding hydrogens is 300 g/mol. The molecule has 1 aromatic rings. The molecule has 0 saturated carbocycles. The third-order valence-electron chi connectivity index (χ3n) is 3.79. The smallest absolute Gasteiger partial charge is 0.150 e. The second-order valence-corrected chi connectivity index (χ2v) is 6.80. The molecule has 0 unspecified atom stereocenters. The van der Waals surface area contributed by atoms with Crippen LogP contribution in [-0.4, -0.2) is 19.0 Å². The minimum absolute atomic E-state index is 0.352. The van der Waals surface area contributed by atoms with Gasteiger partial charge in [-0.1, -0.05) is 25.4 Å². The quantitative estimate of drug-likeness (QED) is 0.738. The number of benzene rings is 1. The van der Waals surface area contributed by atoms with E-state index in [4.69, 9.17) is 21.1 Å². The van der Waals surface area contributed by atoms with E-state index in [2.05, 4.69) is 19.9 Å². The number of hydrogen-bond donors (Lipinski definition) is 0. The molecule has 0 N–H and O–H groups in total. The highest BCUT2D eigenvalue weighted by molar-refractivity contribution is 6.34. The Kier molecular flexibility index (Phi) is 4.86. The number of carbonyl (C=O) groups excluding carboxylic acids is 1. The SMILES string of the molecule is COc1c(CCC=O)cc2c(c1Cl)OC(C)(C)C=C2C(C)C. The predicted octanol–water partition coefficient (Wildman–Crippen LogP) is 4.69. The van der Waals surface area contributed by atoms with Gasteiger partial charge < -0.3 is 14.3 Å². The molecule has 1 aliphatic rings. The van der Waals surface area contributed by atoms with E-state index in [9.17, 15) is 4.79 Å². The minimum atomic E-state index is -0.411. The van der Waals surface area contributed by atoms with Crippen LogP contribution in [0.1, 0.15) is 45.2 Å². The molecule has 1 aromatic carbocycles. The Labute approximate surface area is 137 Å². The van der Waals surface area contributed by atoms with Crippen molar-refractivity contribution in [1.29, 1.82) is 0 Å². The fourth-order valence-electron chi connectivity index (χ4n) is 2.83. The van der Waals surface area contributed by atoms with E-state index >= 15 is 0 Å². The van der Waals surface area contributed by atoms with E-state index < -0.39 is 5.60 Å². The highest BCUT2D eigenvalue weighted by Gasteiger charge is 2.31. The van der Waals surface area contributed by atoms with Crippen LogP contribution in [0.25, 0.3) is 5.57 Å². The van der Waals surface area contributed by atoms with E-state index in [0.717, 1.165) is 17.4 Å². The van der Waals surface area contributed by atoms with Crippen LogP contribution in [0.5, 0.6) is 11.5 Å². The van der Waals surface area contributed by atoms with Crippen molar-refractivity contribution < 1.29 is 14.3 Å². The van der Waals surface area contributed by atoms with Crippen molar-refractivity contribution in [3.63, 3.8) is 0 Å². The first kappa shape index (κ1) is 16.9. The summed E-state index contributed by atoms with van der Waals surface area (Å²) >= 11 is 6.54. The van der Waals surface area contributed by atoms with E-state index in [1.54, 1.807) is 7.11 Å². The third kappa shape index (κ3) is 3.14. The summed E-state index contributed by atoms with van der Waals surface area (Å²) in [6, 6.07) is 2.05. The van der Waals surface area contributed by atoms with Crippen LogP contribution in [0.4, 0.5) is 0 Å². The van der Waals surface area contributed by atoms with Gasteiger partial charge in [-0.25, -0.2) is 0 Å². The molecule has 22 heavy (non-hydrogen) atoms. The van der Waals surface area contributed by atoms with Crippen LogP contribution in [-0.2, 0) is 11.2 Å². The number of ether oxygens (including phenoxy) is 2. The van der Waals surface area contributed by atoms with Crippen LogP contribution in [0.15, 0.2) is 12.1 Å². The second kappa shape index (κ2) is 6.33. The van der Waals surface area contributed by atoms with Crippen molar-refractivity contribution >= 4 is 23.5 Å². The fraction of sp³-hybridized carbons (Fsp3) is 0.500. The number of aryl methyl sites for hydroxylation is 1. The first-order chi connectivity index (χ1) is 10.3. The van der Waals surface area contributed by atoms with Gasteiger partial charge in [-0.15, -0.1) is 0 Å². The minimum Gasteiger partial charge on any atom is -0.495 e. The van der Waals surface area contributed by atoms with Crippen molar-refractivity contribution in [2.24, 2.45) is 5.92 Å². The van der Waals surface area contributed by atoms with Gasteiger partial charge >= 0.3 is 0 Å². The summed E-state index contributed by atoms with van der Waals surface area (Å²) in [7, 11) is 1.59. The molecule has 0 fully saturated rings. The third-order valence-corrected chi connectivity index (χ3v) is 4.13. The number of allylic oxidation sites excluding steroid dienone is 1. The number of hydrogen-bond acceptors (Lipinski definition) is 3. The molecule has 1 heterocycles. The van der Waals surface area contributed by atoms with E-state index in [-0.39, 0.29) is 0 Å². The summed E-state index contributed by atoms with van der Waals surface area (Å²) in [4.78, 5) is 10.7. The second-order valence-electron chi connectivity index (χ2n) is 6.42. The van der Waals surface area contributed by atoms with Gasteiger partial charge in [0.25, 0.3) is 0 Å². The van der Waals surface area contributed by atoms with Gasteiger partial charge in [0.2, 0.25) is 0 Å². The number of fused-ring (bicyclic) bond motifs is 1. The normalized spacial score (nSPS) is 15.9. The molecule has 120 valence electrons. The van der Waals surface area contributed by atoms with Crippen LogP contribution in [0.3, 0.4) is 0 Å². The Hall–Kier alpha value is -1.48. The Morgan fingerprint density at radius 1 is 1.41 bits per heavy atom. The lowest BCUT2D eigenvalue weighted by atomic mass is 9.86. The largest absolute Gasteiger partial charge is 0.495 e. The molecule has 2 rings (SSSR count). The number of methoxy groups -OCH3 is 1. The van der Waals surface area contributed by atoms with E-state index in [1.165, 1.54) is 5.57 Å². The zero-order chi connectivity index (χ0) is 16.5. The van der Waals surface area contributed by atoms with Crippen molar-refractivity contribution in [3.05, 3.63) is 28.3 Å². The van der Waals surface area contributed by atoms with Gasteiger partial charge in [0.05, 0.1) is 7.11 Å². The maximum absolute atomic E-state index is 10.7. The monoisotopic (exact) mass is 322 g/mol. The summed E-state index contributed by atoms with van der Waals surface area (Å²) in [5, 5.41) is 0.486. The lowest BCUT2D eigenvalue weighted by Gasteiger charge is -2.34. The van der Waals surface area contributed by atoms with E-state index in [1.807, 2.05) is 19.9 Å². The fourth-order valence-corrected chi connectivity index (χ4v) is 3.16.